The first kappa shape index (κ1) is 12.4. The number of hydrogen-bond donors (Lipinski definition) is 0. The summed E-state index contributed by atoms with van der Waals surface area (Å²) in [5, 5.41) is 0. The highest BCUT2D eigenvalue weighted by Crippen LogP contribution is 2.24. The fourth-order valence-electron chi connectivity index (χ4n) is 2.44. The molecule has 2 heteroatoms. The van der Waals surface area contributed by atoms with E-state index in [1.54, 1.807) is 12.1 Å². The van der Waals surface area contributed by atoms with Gasteiger partial charge in [0.15, 0.2) is 5.43 Å². The molecule has 0 radical (unpaired) electrons. The summed E-state index contributed by atoms with van der Waals surface area (Å²) in [6, 6.07) is 17.4. The van der Waals surface area contributed by atoms with Crippen LogP contribution in [0.4, 0.5) is 0 Å². The van der Waals surface area contributed by atoms with Gasteiger partial charge in [0.2, 0.25) is 0 Å². The van der Waals surface area contributed by atoms with Crippen molar-refractivity contribution in [1.29, 1.82) is 0 Å². The van der Waals surface area contributed by atoms with E-state index in [0.717, 1.165) is 11.1 Å². The standard InChI is InChI=1S/C18H15NO/c1-2-18(14-6-4-3-5-7-14)19-11-10-15-12-17(20)9-8-16(15)13-19/h2-13,18H,1H2/t18-/m0/s1. The van der Waals surface area contributed by atoms with E-state index in [9.17, 15) is 4.79 Å². The van der Waals surface area contributed by atoms with E-state index < -0.39 is 0 Å². The van der Waals surface area contributed by atoms with Gasteiger partial charge in [-0.1, -0.05) is 36.4 Å². The third kappa shape index (κ3) is 2.28. The molecule has 1 aromatic carbocycles. The molecule has 0 saturated heterocycles. The number of hydrogen-bond acceptors (Lipinski definition) is 1. The van der Waals surface area contributed by atoms with E-state index in [1.165, 1.54) is 5.56 Å². The van der Waals surface area contributed by atoms with Crippen LogP contribution in [0.5, 0.6) is 0 Å². The molecule has 3 rings (SSSR count). The highest BCUT2D eigenvalue weighted by atomic mass is 16.1. The number of nitrogens with zero attached hydrogens (tertiary/aromatic N) is 1. The first-order valence-electron chi connectivity index (χ1n) is 6.57. The first-order chi connectivity index (χ1) is 9.78. The quantitative estimate of drug-likeness (QED) is 0.658. The Balaban J connectivity index is 2.10. The minimum absolute atomic E-state index is 0.0404. The van der Waals surface area contributed by atoms with Gasteiger partial charge >= 0.3 is 0 Å². The van der Waals surface area contributed by atoms with Crippen LogP contribution in [0.15, 0.2) is 84.4 Å². The van der Waals surface area contributed by atoms with Crippen LogP contribution in [-0.4, -0.2) is 4.57 Å². The third-order valence-corrected chi connectivity index (χ3v) is 3.46. The van der Waals surface area contributed by atoms with Gasteiger partial charge in [-0.25, -0.2) is 0 Å². The molecule has 1 atom stereocenters. The molecule has 0 unspecified atom stereocenters. The Labute approximate surface area is 118 Å². The maximum absolute atomic E-state index is 11.4. The lowest BCUT2D eigenvalue weighted by Crippen LogP contribution is -2.09. The van der Waals surface area contributed by atoms with Gasteiger partial charge in [-0.2, -0.15) is 0 Å². The van der Waals surface area contributed by atoms with Gasteiger partial charge in [0, 0.05) is 12.4 Å². The summed E-state index contributed by atoms with van der Waals surface area (Å²) < 4.78 is 2.11. The molecule has 1 heterocycles. The first-order valence-corrected chi connectivity index (χ1v) is 6.57. The van der Waals surface area contributed by atoms with Crippen molar-refractivity contribution in [3.8, 4) is 11.1 Å². The van der Waals surface area contributed by atoms with Crippen molar-refractivity contribution in [2.24, 2.45) is 0 Å². The Morgan fingerprint density at radius 2 is 1.80 bits per heavy atom. The van der Waals surface area contributed by atoms with Crippen molar-refractivity contribution in [2.75, 3.05) is 0 Å². The Morgan fingerprint density at radius 1 is 1.00 bits per heavy atom. The molecule has 0 spiro atoms. The molecule has 98 valence electrons. The average molecular weight is 261 g/mol. The van der Waals surface area contributed by atoms with Crippen LogP contribution in [0.3, 0.4) is 0 Å². The van der Waals surface area contributed by atoms with Crippen LogP contribution in [-0.2, 0) is 0 Å². The summed E-state index contributed by atoms with van der Waals surface area (Å²) in [6.45, 7) is 3.94. The van der Waals surface area contributed by atoms with Crippen LogP contribution < -0.4 is 5.43 Å². The monoisotopic (exact) mass is 261 g/mol. The molecule has 0 fully saturated rings. The average Bonchev–Trinajstić information content (AvgIpc) is 2.49. The second-order valence-corrected chi connectivity index (χ2v) is 4.77. The smallest absolute Gasteiger partial charge is 0.179 e. The molecule has 0 aromatic heterocycles. The molecule has 1 aliphatic carbocycles. The highest BCUT2D eigenvalue weighted by Gasteiger charge is 2.10. The van der Waals surface area contributed by atoms with Crippen LogP contribution in [0.1, 0.15) is 11.6 Å². The summed E-state index contributed by atoms with van der Waals surface area (Å²) >= 11 is 0. The van der Waals surface area contributed by atoms with Gasteiger partial charge in [0.05, 0.1) is 6.04 Å². The van der Waals surface area contributed by atoms with E-state index >= 15 is 0 Å². The Kier molecular flexibility index (Phi) is 3.21. The Morgan fingerprint density at radius 3 is 2.55 bits per heavy atom. The number of rotatable bonds is 3. The highest BCUT2D eigenvalue weighted by molar-refractivity contribution is 5.63. The zero-order valence-corrected chi connectivity index (χ0v) is 11.1. The minimum atomic E-state index is 0.0404. The predicted molar refractivity (Wildman–Crippen MR) is 82.1 cm³/mol. The molecule has 20 heavy (non-hydrogen) atoms. The molecule has 1 aliphatic heterocycles. The predicted octanol–water partition coefficient (Wildman–Crippen LogP) is 3.73. The van der Waals surface area contributed by atoms with Gasteiger partial charge < -0.3 is 4.57 Å². The van der Waals surface area contributed by atoms with E-state index in [1.807, 2.05) is 48.8 Å². The molecule has 0 amide bonds. The van der Waals surface area contributed by atoms with Crippen LogP contribution in [0.2, 0.25) is 0 Å². The van der Waals surface area contributed by atoms with Crippen molar-refractivity contribution in [1.82, 2.24) is 4.57 Å². The van der Waals surface area contributed by atoms with Gasteiger partial charge in [-0.3, -0.25) is 4.79 Å². The lowest BCUT2D eigenvalue weighted by molar-refractivity contribution is 0.696. The molecular weight excluding hydrogens is 246 g/mol. The maximum Gasteiger partial charge on any atom is 0.179 e. The van der Waals surface area contributed by atoms with Crippen molar-refractivity contribution in [3.63, 3.8) is 0 Å². The third-order valence-electron chi connectivity index (χ3n) is 3.46. The Bertz CT molecular complexity index is 758. The topological polar surface area (TPSA) is 22.0 Å². The van der Waals surface area contributed by atoms with Crippen LogP contribution in [0.25, 0.3) is 11.1 Å². The lowest BCUT2D eigenvalue weighted by Gasteiger charge is -2.19. The number of pyridine rings is 1. The summed E-state index contributed by atoms with van der Waals surface area (Å²) in [6.07, 6.45) is 5.96. The second-order valence-electron chi connectivity index (χ2n) is 4.77. The van der Waals surface area contributed by atoms with Crippen LogP contribution in [0, 0.1) is 0 Å². The normalized spacial score (nSPS) is 12.2. The fourth-order valence-corrected chi connectivity index (χ4v) is 2.44. The molecule has 1 aromatic rings. The zero-order chi connectivity index (χ0) is 13.9. The van der Waals surface area contributed by atoms with Gasteiger partial charge in [-0.05, 0) is 41.0 Å². The SMILES string of the molecule is C=C[C@@H](c1ccccc1)n1ccc2cc(=O)ccc-2c1. The number of allylic oxidation sites excluding steroid dienone is 1. The zero-order valence-electron chi connectivity index (χ0n) is 11.1. The van der Waals surface area contributed by atoms with E-state index in [2.05, 4.69) is 23.3 Å². The summed E-state index contributed by atoms with van der Waals surface area (Å²) in [4.78, 5) is 11.4. The number of fused-ring (bicyclic) bond motifs is 1. The maximum atomic E-state index is 11.4. The fraction of sp³-hybridized carbons (Fsp3) is 0.0556. The van der Waals surface area contributed by atoms with Crippen molar-refractivity contribution < 1.29 is 0 Å². The summed E-state index contributed by atoms with van der Waals surface area (Å²) in [7, 11) is 0. The van der Waals surface area contributed by atoms with Gasteiger partial charge in [0.25, 0.3) is 0 Å². The minimum Gasteiger partial charge on any atom is -0.343 e. The van der Waals surface area contributed by atoms with Crippen molar-refractivity contribution in [2.45, 2.75) is 6.04 Å². The summed E-state index contributed by atoms with van der Waals surface area (Å²) in [5.41, 5.74) is 3.24. The second kappa shape index (κ2) is 5.17. The van der Waals surface area contributed by atoms with Gasteiger partial charge in [-0.15, -0.1) is 6.58 Å². The van der Waals surface area contributed by atoms with E-state index in [0.29, 0.717) is 0 Å². The molecule has 0 bridgehead atoms. The Hall–Kier alpha value is -2.61. The van der Waals surface area contributed by atoms with Crippen molar-refractivity contribution in [3.05, 3.63) is 95.4 Å². The molecule has 2 aliphatic rings. The molecule has 0 saturated carbocycles. The molecule has 2 nitrogen and oxygen atoms in total. The number of aromatic nitrogens is 1. The van der Waals surface area contributed by atoms with Gasteiger partial charge in [0.1, 0.15) is 0 Å². The van der Waals surface area contributed by atoms with E-state index in [4.69, 9.17) is 0 Å². The molecule has 0 N–H and O–H groups in total. The largest absolute Gasteiger partial charge is 0.343 e. The van der Waals surface area contributed by atoms with E-state index in [-0.39, 0.29) is 11.5 Å². The van der Waals surface area contributed by atoms with Crippen LogP contribution >= 0.6 is 0 Å². The van der Waals surface area contributed by atoms with Crippen molar-refractivity contribution >= 4 is 0 Å². The number of benzene rings is 2. The lowest BCUT2D eigenvalue weighted by atomic mass is 10.0. The summed E-state index contributed by atoms with van der Waals surface area (Å²) in [5.74, 6) is 0. The molecular formula is C18H15NO.